The van der Waals surface area contributed by atoms with Crippen molar-refractivity contribution in [2.75, 3.05) is 7.05 Å². The van der Waals surface area contributed by atoms with Crippen molar-refractivity contribution in [3.8, 4) is 0 Å². The molecule has 0 spiro atoms. The first-order chi connectivity index (χ1) is 5.82. The average Bonchev–Trinajstić information content (AvgIpc) is 2.29. The zero-order valence-corrected chi connectivity index (χ0v) is 9.55. The van der Waals surface area contributed by atoms with Gasteiger partial charge in [-0.2, -0.15) is 0 Å². The van der Waals surface area contributed by atoms with Gasteiger partial charge in [0.15, 0.2) is 0 Å². The van der Waals surface area contributed by atoms with E-state index in [1.165, 1.54) is 5.70 Å². The molecule has 1 heterocycles. The van der Waals surface area contributed by atoms with Gasteiger partial charge in [0.2, 0.25) is 0 Å². The Bertz CT molecular complexity index is 213. The predicted octanol–water partition coefficient (Wildman–Crippen LogP) is 1.95. The van der Waals surface area contributed by atoms with Crippen LogP contribution in [0.1, 0.15) is 34.6 Å². The van der Waals surface area contributed by atoms with E-state index in [4.69, 9.17) is 0 Å². The normalized spacial score (nSPS) is 18.5. The molecule has 0 radical (unpaired) electrons. The van der Waals surface area contributed by atoms with Crippen LogP contribution in [0.25, 0.3) is 0 Å². The van der Waals surface area contributed by atoms with Crippen molar-refractivity contribution in [2.45, 2.75) is 40.7 Å². The molecular formula is C10H21N3. The van der Waals surface area contributed by atoms with E-state index in [-0.39, 0.29) is 5.41 Å². The number of rotatable bonds is 1. The Balaban J connectivity index is 2.80. The van der Waals surface area contributed by atoms with Crippen LogP contribution in [0.15, 0.2) is 11.9 Å². The van der Waals surface area contributed by atoms with E-state index in [0.717, 1.165) is 0 Å². The Kier molecular flexibility index (Phi) is 2.57. The molecule has 0 aromatic rings. The highest BCUT2D eigenvalue weighted by Crippen LogP contribution is 2.29. The molecule has 0 aromatic heterocycles. The Morgan fingerprint density at radius 2 is 1.85 bits per heavy atom. The summed E-state index contributed by atoms with van der Waals surface area (Å²) in [4.78, 5) is 0. The number of hydrazine groups is 2. The minimum Gasteiger partial charge on any atom is -0.296 e. The standard InChI is InChI=1S/C10H21N3/c1-8(2)13-7-9(10(3,4)5)12(6)11-13/h7-8,11H,1-6H3. The second-order valence-corrected chi connectivity index (χ2v) is 4.92. The van der Waals surface area contributed by atoms with Crippen molar-refractivity contribution < 1.29 is 0 Å². The van der Waals surface area contributed by atoms with Gasteiger partial charge in [0.05, 0.1) is 5.70 Å². The van der Waals surface area contributed by atoms with Gasteiger partial charge in [-0.1, -0.05) is 20.8 Å². The lowest BCUT2D eigenvalue weighted by Gasteiger charge is -2.27. The number of nitrogens with one attached hydrogen (secondary N) is 1. The molecule has 0 saturated carbocycles. The Morgan fingerprint density at radius 3 is 2.08 bits per heavy atom. The van der Waals surface area contributed by atoms with Crippen LogP contribution in [0.4, 0.5) is 0 Å². The second kappa shape index (κ2) is 3.22. The van der Waals surface area contributed by atoms with Crippen LogP contribution in [0, 0.1) is 5.41 Å². The molecule has 13 heavy (non-hydrogen) atoms. The Morgan fingerprint density at radius 1 is 1.31 bits per heavy atom. The van der Waals surface area contributed by atoms with Crippen LogP contribution in [0.3, 0.4) is 0 Å². The first-order valence-electron chi connectivity index (χ1n) is 4.83. The molecule has 0 bridgehead atoms. The summed E-state index contributed by atoms with van der Waals surface area (Å²) < 4.78 is 0. The molecule has 0 saturated heterocycles. The highest BCUT2D eigenvalue weighted by molar-refractivity contribution is 5.11. The fraction of sp³-hybridized carbons (Fsp3) is 0.800. The topological polar surface area (TPSA) is 18.5 Å². The van der Waals surface area contributed by atoms with Gasteiger partial charge in [0.25, 0.3) is 0 Å². The lowest BCUT2D eigenvalue weighted by atomic mass is 9.92. The zero-order valence-electron chi connectivity index (χ0n) is 9.55. The number of hydrogen-bond acceptors (Lipinski definition) is 3. The third kappa shape index (κ3) is 2.15. The molecule has 1 rings (SSSR count). The van der Waals surface area contributed by atoms with Gasteiger partial charge in [-0.25, -0.2) is 0 Å². The lowest BCUT2D eigenvalue weighted by Crippen LogP contribution is -2.42. The monoisotopic (exact) mass is 183 g/mol. The van der Waals surface area contributed by atoms with Gasteiger partial charge in [-0.15, -0.1) is 5.53 Å². The summed E-state index contributed by atoms with van der Waals surface area (Å²) >= 11 is 0. The lowest BCUT2D eigenvalue weighted by molar-refractivity contribution is 0.115. The maximum absolute atomic E-state index is 3.28. The van der Waals surface area contributed by atoms with Crippen molar-refractivity contribution in [1.82, 2.24) is 15.6 Å². The van der Waals surface area contributed by atoms with E-state index in [1.807, 2.05) is 0 Å². The maximum atomic E-state index is 3.28. The van der Waals surface area contributed by atoms with Crippen LogP contribution in [0.2, 0.25) is 0 Å². The molecule has 0 fully saturated rings. The van der Waals surface area contributed by atoms with Crippen LogP contribution < -0.4 is 5.53 Å². The smallest absolute Gasteiger partial charge is 0.0535 e. The molecule has 3 nitrogen and oxygen atoms in total. The number of nitrogens with zero attached hydrogens (tertiary/aromatic N) is 2. The van der Waals surface area contributed by atoms with Crippen LogP contribution >= 0.6 is 0 Å². The molecule has 0 atom stereocenters. The summed E-state index contributed by atoms with van der Waals surface area (Å²) in [5.41, 5.74) is 4.80. The Hall–Kier alpha value is -0.700. The molecule has 0 amide bonds. The number of hydrogen-bond donors (Lipinski definition) is 1. The van der Waals surface area contributed by atoms with Crippen molar-refractivity contribution in [2.24, 2.45) is 5.41 Å². The maximum Gasteiger partial charge on any atom is 0.0535 e. The minimum absolute atomic E-state index is 0.200. The van der Waals surface area contributed by atoms with Gasteiger partial charge in [-0.3, -0.25) is 10.0 Å². The summed E-state index contributed by atoms with van der Waals surface area (Å²) in [5, 5.41) is 4.21. The third-order valence-corrected chi connectivity index (χ3v) is 2.21. The van der Waals surface area contributed by atoms with E-state index >= 15 is 0 Å². The van der Waals surface area contributed by atoms with Crippen LogP contribution in [-0.4, -0.2) is 23.1 Å². The molecule has 0 aliphatic carbocycles. The van der Waals surface area contributed by atoms with Crippen molar-refractivity contribution in [3.63, 3.8) is 0 Å². The minimum atomic E-state index is 0.200. The molecule has 1 aliphatic rings. The SMILES string of the molecule is CC(C)N1C=C(C(C)(C)C)N(C)N1. The van der Waals surface area contributed by atoms with Gasteiger partial charge in [0.1, 0.15) is 0 Å². The average molecular weight is 183 g/mol. The van der Waals surface area contributed by atoms with Gasteiger partial charge < -0.3 is 0 Å². The molecule has 1 aliphatic heterocycles. The summed E-state index contributed by atoms with van der Waals surface area (Å²) in [5.74, 6) is 0. The highest BCUT2D eigenvalue weighted by Gasteiger charge is 2.27. The zero-order chi connectivity index (χ0) is 10.2. The first kappa shape index (κ1) is 10.4. The van der Waals surface area contributed by atoms with Crippen molar-refractivity contribution in [1.29, 1.82) is 0 Å². The van der Waals surface area contributed by atoms with E-state index < -0.39 is 0 Å². The van der Waals surface area contributed by atoms with Crippen LogP contribution in [0.5, 0.6) is 0 Å². The largest absolute Gasteiger partial charge is 0.296 e. The molecule has 0 aromatic carbocycles. The third-order valence-electron chi connectivity index (χ3n) is 2.21. The summed E-state index contributed by atoms with van der Waals surface area (Å²) in [6.45, 7) is 11.0. The van der Waals surface area contributed by atoms with Crippen molar-refractivity contribution >= 4 is 0 Å². The van der Waals surface area contributed by atoms with Crippen LogP contribution in [-0.2, 0) is 0 Å². The summed E-state index contributed by atoms with van der Waals surface area (Å²) in [6.07, 6.45) is 2.19. The second-order valence-electron chi connectivity index (χ2n) is 4.92. The van der Waals surface area contributed by atoms with E-state index in [0.29, 0.717) is 6.04 Å². The molecule has 3 heteroatoms. The fourth-order valence-electron chi connectivity index (χ4n) is 1.44. The predicted molar refractivity (Wildman–Crippen MR) is 55.4 cm³/mol. The van der Waals surface area contributed by atoms with Gasteiger partial charge in [0, 0.05) is 24.7 Å². The summed E-state index contributed by atoms with van der Waals surface area (Å²) in [6, 6.07) is 0.488. The number of allylic oxidation sites excluding steroid dienone is 1. The molecule has 1 N–H and O–H groups in total. The highest BCUT2D eigenvalue weighted by atomic mass is 15.8. The van der Waals surface area contributed by atoms with E-state index in [1.54, 1.807) is 0 Å². The fourth-order valence-corrected chi connectivity index (χ4v) is 1.44. The molecular weight excluding hydrogens is 162 g/mol. The van der Waals surface area contributed by atoms with Gasteiger partial charge >= 0.3 is 0 Å². The van der Waals surface area contributed by atoms with E-state index in [2.05, 4.69) is 63.4 Å². The quantitative estimate of drug-likeness (QED) is 0.670. The van der Waals surface area contributed by atoms with E-state index in [9.17, 15) is 0 Å². The summed E-state index contributed by atoms with van der Waals surface area (Å²) in [7, 11) is 2.06. The Labute approximate surface area is 81.3 Å². The molecule has 76 valence electrons. The first-order valence-corrected chi connectivity index (χ1v) is 4.83. The van der Waals surface area contributed by atoms with Gasteiger partial charge in [-0.05, 0) is 13.8 Å². The molecule has 0 unspecified atom stereocenters. The van der Waals surface area contributed by atoms with Crippen molar-refractivity contribution in [3.05, 3.63) is 11.9 Å².